The van der Waals surface area contributed by atoms with E-state index in [1.54, 1.807) is 6.92 Å². The van der Waals surface area contributed by atoms with Gasteiger partial charge in [-0.15, -0.1) is 0 Å². The predicted octanol–water partition coefficient (Wildman–Crippen LogP) is 1.12. The second-order valence-corrected chi connectivity index (χ2v) is 3.93. The van der Waals surface area contributed by atoms with Gasteiger partial charge in [0.15, 0.2) is 6.10 Å². The van der Waals surface area contributed by atoms with E-state index in [0.717, 1.165) is 12.8 Å². The molecule has 0 bridgehead atoms. The molecule has 1 aliphatic rings. The third kappa shape index (κ3) is 3.47. The summed E-state index contributed by atoms with van der Waals surface area (Å²) < 4.78 is 10.2. The molecular weight excluding hydrogens is 196 g/mol. The van der Waals surface area contributed by atoms with Crippen LogP contribution >= 0.6 is 0 Å². The highest BCUT2D eigenvalue weighted by molar-refractivity contribution is 5.74. The van der Waals surface area contributed by atoms with Crippen molar-refractivity contribution in [1.82, 2.24) is 0 Å². The zero-order chi connectivity index (χ0) is 11.3. The second kappa shape index (κ2) is 6.08. The molecule has 0 saturated carbocycles. The number of aliphatic hydroxyl groups excluding tert-OH is 1. The van der Waals surface area contributed by atoms with E-state index in [4.69, 9.17) is 9.47 Å². The lowest BCUT2D eigenvalue weighted by Gasteiger charge is -2.32. The lowest BCUT2D eigenvalue weighted by molar-refractivity contribution is -0.168. The van der Waals surface area contributed by atoms with E-state index in [1.807, 2.05) is 0 Å². The molecule has 1 rings (SSSR count). The first-order valence-corrected chi connectivity index (χ1v) is 5.65. The molecule has 1 heterocycles. The first-order chi connectivity index (χ1) is 7.19. The number of hydrogen-bond donors (Lipinski definition) is 1. The van der Waals surface area contributed by atoms with E-state index < -0.39 is 12.2 Å². The molecule has 0 aromatic carbocycles. The highest BCUT2D eigenvalue weighted by atomic mass is 16.6. The van der Waals surface area contributed by atoms with Gasteiger partial charge in [-0.25, -0.2) is 4.79 Å². The van der Waals surface area contributed by atoms with Crippen molar-refractivity contribution >= 4 is 5.97 Å². The number of carbonyl (C=O) groups excluding carboxylic acids is 1. The fraction of sp³-hybridized carbons (Fsp3) is 0.909. The van der Waals surface area contributed by atoms with Crippen LogP contribution in [0, 0.1) is 5.92 Å². The molecule has 1 aliphatic heterocycles. The minimum Gasteiger partial charge on any atom is -0.464 e. The van der Waals surface area contributed by atoms with E-state index in [1.165, 1.54) is 0 Å². The predicted molar refractivity (Wildman–Crippen MR) is 55.4 cm³/mol. The van der Waals surface area contributed by atoms with Crippen molar-refractivity contribution in [1.29, 1.82) is 0 Å². The average molecular weight is 216 g/mol. The summed E-state index contributed by atoms with van der Waals surface area (Å²) in [6.07, 6.45) is 1.32. The molecule has 0 aliphatic carbocycles. The van der Waals surface area contributed by atoms with Gasteiger partial charge in [0.05, 0.1) is 19.3 Å². The summed E-state index contributed by atoms with van der Waals surface area (Å²) in [4.78, 5) is 11.3. The first kappa shape index (κ1) is 12.5. The summed E-state index contributed by atoms with van der Waals surface area (Å²) in [5, 5.41) is 9.80. The van der Waals surface area contributed by atoms with Crippen molar-refractivity contribution in [3.63, 3.8) is 0 Å². The van der Waals surface area contributed by atoms with E-state index in [9.17, 15) is 9.90 Å². The number of ether oxygens (including phenoxy) is 2. The molecule has 4 heteroatoms. The lowest BCUT2D eigenvalue weighted by atomic mass is 9.91. The van der Waals surface area contributed by atoms with Crippen LogP contribution in [0.4, 0.5) is 0 Å². The molecule has 1 saturated heterocycles. The number of rotatable bonds is 4. The van der Waals surface area contributed by atoms with Crippen molar-refractivity contribution in [2.45, 2.75) is 45.3 Å². The Hall–Kier alpha value is -0.610. The van der Waals surface area contributed by atoms with Crippen LogP contribution in [0.15, 0.2) is 0 Å². The largest absolute Gasteiger partial charge is 0.464 e. The highest BCUT2D eigenvalue weighted by Gasteiger charge is 2.33. The minimum absolute atomic E-state index is 0.167. The van der Waals surface area contributed by atoms with Gasteiger partial charge >= 0.3 is 5.97 Å². The van der Waals surface area contributed by atoms with Gasteiger partial charge in [0.25, 0.3) is 0 Å². The van der Waals surface area contributed by atoms with Gasteiger partial charge in [-0.1, -0.05) is 13.3 Å². The average Bonchev–Trinajstić information content (AvgIpc) is 2.21. The van der Waals surface area contributed by atoms with Gasteiger partial charge < -0.3 is 14.6 Å². The van der Waals surface area contributed by atoms with Gasteiger partial charge in [-0.2, -0.15) is 0 Å². The molecule has 1 N–H and O–H groups in total. The summed E-state index contributed by atoms with van der Waals surface area (Å²) in [6, 6.07) is 0. The Balaban J connectivity index is 2.39. The Bertz CT molecular complexity index is 205. The van der Waals surface area contributed by atoms with Gasteiger partial charge in [-0.05, 0) is 13.3 Å². The van der Waals surface area contributed by atoms with E-state index in [2.05, 4.69) is 6.92 Å². The molecule has 0 spiro atoms. The molecule has 4 nitrogen and oxygen atoms in total. The molecule has 0 aromatic rings. The van der Waals surface area contributed by atoms with Crippen molar-refractivity contribution in [3.05, 3.63) is 0 Å². The second-order valence-electron chi connectivity index (χ2n) is 3.93. The third-order valence-electron chi connectivity index (χ3n) is 2.72. The lowest BCUT2D eigenvalue weighted by Crippen LogP contribution is -2.41. The van der Waals surface area contributed by atoms with Crippen LogP contribution in [0.5, 0.6) is 0 Å². The zero-order valence-corrected chi connectivity index (χ0v) is 9.44. The molecule has 88 valence electrons. The Kier molecular flexibility index (Phi) is 5.05. The fourth-order valence-corrected chi connectivity index (χ4v) is 1.88. The number of hydrogen-bond acceptors (Lipinski definition) is 4. The van der Waals surface area contributed by atoms with Crippen molar-refractivity contribution in [2.24, 2.45) is 5.92 Å². The molecule has 1 fully saturated rings. The SMILES string of the molecule is CCCC1COC(C(=O)OCC)CC1O. The van der Waals surface area contributed by atoms with E-state index in [0.29, 0.717) is 19.6 Å². The molecule has 15 heavy (non-hydrogen) atoms. The van der Waals surface area contributed by atoms with Gasteiger partial charge in [0.1, 0.15) is 0 Å². The first-order valence-electron chi connectivity index (χ1n) is 5.65. The topological polar surface area (TPSA) is 55.8 Å². The Morgan fingerprint density at radius 2 is 2.27 bits per heavy atom. The normalized spacial score (nSPS) is 31.3. The quantitative estimate of drug-likeness (QED) is 0.715. The summed E-state index contributed by atoms with van der Waals surface area (Å²) >= 11 is 0. The molecule has 0 radical (unpaired) electrons. The molecule has 3 unspecified atom stereocenters. The maximum Gasteiger partial charge on any atom is 0.335 e. The number of esters is 1. The van der Waals surface area contributed by atoms with Crippen molar-refractivity contribution < 1.29 is 19.4 Å². The Labute approximate surface area is 90.6 Å². The van der Waals surface area contributed by atoms with Crippen LogP contribution in [-0.2, 0) is 14.3 Å². The highest BCUT2D eigenvalue weighted by Crippen LogP contribution is 2.24. The smallest absolute Gasteiger partial charge is 0.335 e. The minimum atomic E-state index is -0.576. The molecular formula is C11H20O4. The Morgan fingerprint density at radius 3 is 2.80 bits per heavy atom. The molecule has 0 amide bonds. The van der Waals surface area contributed by atoms with Crippen molar-refractivity contribution in [3.8, 4) is 0 Å². The summed E-state index contributed by atoms with van der Waals surface area (Å²) in [5.74, 6) is -0.188. The molecule has 3 atom stereocenters. The standard InChI is InChI=1S/C11H20O4/c1-3-5-8-7-15-10(6-9(8)12)11(13)14-4-2/h8-10,12H,3-7H2,1-2H3. The third-order valence-corrected chi connectivity index (χ3v) is 2.72. The number of carbonyl (C=O) groups is 1. The maximum absolute atomic E-state index is 11.3. The van der Waals surface area contributed by atoms with Crippen LogP contribution in [0.3, 0.4) is 0 Å². The van der Waals surface area contributed by atoms with Crippen LogP contribution in [0.25, 0.3) is 0 Å². The van der Waals surface area contributed by atoms with Gasteiger partial charge in [-0.3, -0.25) is 0 Å². The Morgan fingerprint density at radius 1 is 1.53 bits per heavy atom. The van der Waals surface area contributed by atoms with Crippen LogP contribution in [0.2, 0.25) is 0 Å². The van der Waals surface area contributed by atoms with Gasteiger partial charge in [0.2, 0.25) is 0 Å². The van der Waals surface area contributed by atoms with E-state index >= 15 is 0 Å². The monoisotopic (exact) mass is 216 g/mol. The number of aliphatic hydroxyl groups is 1. The van der Waals surface area contributed by atoms with Crippen LogP contribution in [-0.4, -0.2) is 36.5 Å². The zero-order valence-electron chi connectivity index (χ0n) is 9.44. The summed E-state index contributed by atoms with van der Waals surface area (Å²) in [7, 11) is 0. The van der Waals surface area contributed by atoms with E-state index in [-0.39, 0.29) is 11.9 Å². The summed E-state index contributed by atoms with van der Waals surface area (Å²) in [6.45, 7) is 4.65. The van der Waals surface area contributed by atoms with Crippen LogP contribution in [0.1, 0.15) is 33.1 Å². The van der Waals surface area contributed by atoms with Gasteiger partial charge in [0, 0.05) is 12.3 Å². The molecule has 0 aromatic heterocycles. The summed E-state index contributed by atoms with van der Waals surface area (Å²) in [5.41, 5.74) is 0. The fourth-order valence-electron chi connectivity index (χ4n) is 1.88. The van der Waals surface area contributed by atoms with Crippen LogP contribution < -0.4 is 0 Å². The van der Waals surface area contributed by atoms with Crippen molar-refractivity contribution in [2.75, 3.05) is 13.2 Å². The maximum atomic E-state index is 11.3.